The fraction of sp³-hybridized carbons (Fsp3) is 0.750. The van der Waals surface area contributed by atoms with Crippen LogP contribution in [0.3, 0.4) is 0 Å². The van der Waals surface area contributed by atoms with E-state index in [9.17, 15) is 4.39 Å². The summed E-state index contributed by atoms with van der Waals surface area (Å²) >= 11 is 0. The zero-order valence-corrected chi connectivity index (χ0v) is 9.90. The Balaban J connectivity index is 1.77. The number of likely N-dealkylation sites (tertiary alicyclic amines) is 1. The topological polar surface area (TPSA) is 21.1 Å². The molecule has 2 rings (SSSR count). The molecule has 0 aromatic carbocycles. The van der Waals surface area contributed by atoms with Crippen molar-refractivity contribution in [2.75, 3.05) is 26.3 Å². The van der Waals surface area contributed by atoms with Gasteiger partial charge in [-0.3, -0.25) is 4.68 Å². The SMILES string of the molecule is Cc1cnn(CC2CCN(CCF)CC2)c1. The molecular formula is C12H20FN3. The van der Waals surface area contributed by atoms with Crippen molar-refractivity contribution < 1.29 is 4.39 Å². The van der Waals surface area contributed by atoms with E-state index in [4.69, 9.17) is 0 Å². The van der Waals surface area contributed by atoms with Crippen LogP contribution in [-0.4, -0.2) is 41.0 Å². The van der Waals surface area contributed by atoms with E-state index in [1.165, 1.54) is 18.4 Å². The van der Waals surface area contributed by atoms with Gasteiger partial charge in [-0.15, -0.1) is 0 Å². The number of hydrogen-bond acceptors (Lipinski definition) is 2. The smallest absolute Gasteiger partial charge is 0.102 e. The first-order chi connectivity index (χ1) is 7.78. The van der Waals surface area contributed by atoms with Gasteiger partial charge in [0.2, 0.25) is 0 Å². The Hall–Kier alpha value is -0.900. The first-order valence-corrected chi connectivity index (χ1v) is 6.05. The van der Waals surface area contributed by atoms with Gasteiger partial charge in [-0.2, -0.15) is 5.10 Å². The first kappa shape index (κ1) is 11.6. The van der Waals surface area contributed by atoms with Crippen LogP contribution in [0.5, 0.6) is 0 Å². The Bertz CT molecular complexity index is 316. The summed E-state index contributed by atoms with van der Waals surface area (Å²) in [6.07, 6.45) is 6.32. The Labute approximate surface area is 96.2 Å². The van der Waals surface area contributed by atoms with Gasteiger partial charge >= 0.3 is 0 Å². The van der Waals surface area contributed by atoms with Crippen LogP contribution in [-0.2, 0) is 6.54 Å². The lowest BCUT2D eigenvalue weighted by molar-refractivity contribution is 0.161. The molecule has 1 aliphatic heterocycles. The number of rotatable bonds is 4. The average Bonchev–Trinajstić information content (AvgIpc) is 2.67. The molecule has 1 aromatic heterocycles. The quantitative estimate of drug-likeness (QED) is 0.780. The van der Waals surface area contributed by atoms with Crippen LogP contribution in [0.4, 0.5) is 4.39 Å². The molecule has 0 saturated carbocycles. The first-order valence-electron chi connectivity index (χ1n) is 6.05. The minimum atomic E-state index is -0.219. The molecule has 0 atom stereocenters. The van der Waals surface area contributed by atoms with Gasteiger partial charge in [-0.05, 0) is 44.3 Å². The van der Waals surface area contributed by atoms with Gasteiger partial charge in [0.15, 0.2) is 0 Å². The number of aromatic nitrogens is 2. The summed E-state index contributed by atoms with van der Waals surface area (Å²) in [7, 11) is 0. The monoisotopic (exact) mass is 225 g/mol. The summed E-state index contributed by atoms with van der Waals surface area (Å²) in [5, 5.41) is 4.31. The van der Waals surface area contributed by atoms with Gasteiger partial charge in [0, 0.05) is 19.3 Å². The Morgan fingerprint density at radius 1 is 1.44 bits per heavy atom. The number of hydrogen-bond donors (Lipinski definition) is 0. The lowest BCUT2D eigenvalue weighted by atomic mass is 9.97. The van der Waals surface area contributed by atoms with E-state index < -0.39 is 0 Å². The molecule has 0 amide bonds. The largest absolute Gasteiger partial charge is 0.301 e. The highest BCUT2D eigenvalue weighted by Crippen LogP contribution is 2.18. The van der Waals surface area contributed by atoms with Crippen LogP contribution in [0.25, 0.3) is 0 Å². The standard InChI is InChI=1S/C12H20FN3/c1-11-8-14-16(9-11)10-12-2-5-15(6-3-12)7-4-13/h8-9,12H,2-7,10H2,1H3. The molecule has 16 heavy (non-hydrogen) atoms. The van der Waals surface area contributed by atoms with Crippen LogP contribution in [0.2, 0.25) is 0 Å². The van der Waals surface area contributed by atoms with E-state index in [0.29, 0.717) is 12.5 Å². The van der Waals surface area contributed by atoms with Crippen LogP contribution < -0.4 is 0 Å². The summed E-state index contributed by atoms with van der Waals surface area (Å²) in [6.45, 7) is 5.53. The Morgan fingerprint density at radius 2 is 2.19 bits per heavy atom. The number of piperidine rings is 1. The van der Waals surface area contributed by atoms with Crippen molar-refractivity contribution in [3.05, 3.63) is 18.0 Å². The second-order valence-electron chi connectivity index (χ2n) is 4.71. The van der Waals surface area contributed by atoms with Gasteiger partial charge in [0.25, 0.3) is 0 Å². The highest BCUT2D eigenvalue weighted by Gasteiger charge is 2.19. The summed E-state index contributed by atoms with van der Waals surface area (Å²) in [5.41, 5.74) is 1.22. The third kappa shape index (κ3) is 3.04. The minimum absolute atomic E-state index is 0.219. The average molecular weight is 225 g/mol. The molecule has 1 aromatic rings. The molecule has 1 saturated heterocycles. The number of aryl methyl sites for hydroxylation is 1. The Morgan fingerprint density at radius 3 is 2.75 bits per heavy atom. The Kier molecular flexibility index (Phi) is 3.93. The zero-order chi connectivity index (χ0) is 11.4. The van der Waals surface area contributed by atoms with Gasteiger partial charge < -0.3 is 4.90 Å². The van der Waals surface area contributed by atoms with Crippen molar-refractivity contribution in [2.24, 2.45) is 5.92 Å². The second kappa shape index (κ2) is 5.43. The number of nitrogens with zero attached hydrogens (tertiary/aromatic N) is 3. The molecule has 1 fully saturated rings. The van der Waals surface area contributed by atoms with Crippen molar-refractivity contribution >= 4 is 0 Å². The van der Waals surface area contributed by atoms with E-state index in [1.807, 2.05) is 10.9 Å². The normalized spacial score (nSPS) is 19.1. The predicted octanol–water partition coefficient (Wildman–Crippen LogP) is 1.87. The molecule has 0 bridgehead atoms. The van der Waals surface area contributed by atoms with E-state index in [0.717, 1.165) is 19.6 Å². The van der Waals surface area contributed by atoms with Crippen LogP contribution in [0.1, 0.15) is 18.4 Å². The van der Waals surface area contributed by atoms with Crippen LogP contribution in [0.15, 0.2) is 12.4 Å². The molecule has 2 heterocycles. The minimum Gasteiger partial charge on any atom is -0.301 e. The van der Waals surface area contributed by atoms with E-state index in [-0.39, 0.29) is 6.67 Å². The fourth-order valence-corrected chi connectivity index (χ4v) is 2.34. The number of halogens is 1. The maximum Gasteiger partial charge on any atom is 0.102 e. The maximum absolute atomic E-state index is 12.2. The third-order valence-corrected chi connectivity index (χ3v) is 3.32. The highest BCUT2D eigenvalue weighted by atomic mass is 19.1. The lowest BCUT2D eigenvalue weighted by Crippen LogP contribution is -2.36. The fourth-order valence-electron chi connectivity index (χ4n) is 2.34. The van der Waals surface area contributed by atoms with Crippen molar-refractivity contribution in [2.45, 2.75) is 26.3 Å². The van der Waals surface area contributed by atoms with Gasteiger partial charge in [0.05, 0.1) is 6.20 Å². The maximum atomic E-state index is 12.2. The van der Waals surface area contributed by atoms with Crippen molar-refractivity contribution in [3.63, 3.8) is 0 Å². The van der Waals surface area contributed by atoms with Crippen LogP contribution in [0, 0.1) is 12.8 Å². The van der Waals surface area contributed by atoms with Crippen LogP contribution >= 0.6 is 0 Å². The van der Waals surface area contributed by atoms with E-state index in [2.05, 4.69) is 23.1 Å². The molecule has 1 aliphatic rings. The van der Waals surface area contributed by atoms with Gasteiger partial charge in [0.1, 0.15) is 6.67 Å². The molecule has 90 valence electrons. The van der Waals surface area contributed by atoms with Crippen molar-refractivity contribution in [3.8, 4) is 0 Å². The molecule has 0 N–H and O–H groups in total. The summed E-state index contributed by atoms with van der Waals surface area (Å²) < 4.78 is 14.2. The highest BCUT2D eigenvalue weighted by molar-refractivity contribution is 4.99. The lowest BCUT2D eigenvalue weighted by Gasteiger charge is -2.31. The summed E-state index contributed by atoms with van der Waals surface area (Å²) in [6, 6.07) is 0. The predicted molar refractivity (Wildman–Crippen MR) is 62.1 cm³/mol. The van der Waals surface area contributed by atoms with Gasteiger partial charge in [-0.1, -0.05) is 0 Å². The molecule has 0 radical (unpaired) electrons. The summed E-state index contributed by atoms with van der Waals surface area (Å²) in [5.74, 6) is 0.704. The molecular weight excluding hydrogens is 205 g/mol. The molecule has 4 heteroatoms. The van der Waals surface area contributed by atoms with Crippen molar-refractivity contribution in [1.29, 1.82) is 0 Å². The summed E-state index contributed by atoms with van der Waals surface area (Å²) in [4.78, 5) is 2.21. The van der Waals surface area contributed by atoms with E-state index >= 15 is 0 Å². The third-order valence-electron chi connectivity index (χ3n) is 3.32. The zero-order valence-electron chi connectivity index (χ0n) is 9.90. The van der Waals surface area contributed by atoms with Crippen molar-refractivity contribution in [1.82, 2.24) is 14.7 Å². The molecule has 0 spiro atoms. The molecule has 0 unspecified atom stereocenters. The molecule has 3 nitrogen and oxygen atoms in total. The number of alkyl halides is 1. The second-order valence-corrected chi connectivity index (χ2v) is 4.71. The van der Waals surface area contributed by atoms with Gasteiger partial charge in [-0.25, -0.2) is 4.39 Å². The van der Waals surface area contributed by atoms with E-state index in [1.54, 1.807) is 0 Å². The molecule has 0 aliphatic carbocycles.